The van der Waals surface area contributed by atoms with E-state index in [1.165, 1.54) is 0 Å². The molecule has 0 aromatic heterocycles. The van der Waals surface area contributed by atoms with E-state index in [-0.39, 0.29) is 0 Å². The predicted octanol–water partition coefficient (Wildman–Crippen LogP) is 1.38. The van der Waals surface area contributed by atoms with Crippen molar-refractivity contribution in [3.8, 4) is 0 Å². The average Bonchev–Trinajstić information content (AvgIpc) is 1.85. The first-order valence-electron chi connectivity index (χ1n) is 2.34. The largest absolute Gasteiger partial charge is 0.490 e. The van der Waals surface area contributed by atoms with Crippen LogP contribution in [0.3, 0.4) is 0 Å². The minimum atomic E-state index is -5.08. The number of alkyl halides is 6. The van der Waals surface area contributed by atoms with Gasteiger partial charge in [-0.25, -0.2) is 4.79 Å². The van der Waals surface area contributed by atoms with E-state index in [4.69, 9.17) is 14.7 Å². The molecule has 0 atom stereocenters. The molecule has 3 nitrogen and oxygen atoms in total. The lowest BCUT2D eigenvalue weighted by Gasteiger charge is -1.93. The van der Waals surface area contributed by atoms with Crippen molar-refractivity contribution in [2.24, 2.45) is 0 Å². The summed E-state index contributed by atoms with van der Waals surface area (Å²) in [5.74, 6) is -2.76. The van der Waals surface area contributed by atoms with Crippen molar-refractivity contribution in [1.82, 2.24) is 0 Å². The molecule has 0 aliphatic heterocycles. The first kappa shape index (κ1) is 14.3. The number of hydrogen-bond donors (Lipinski definition) is 1. The van der Waals surface area contributed by atoms with Gasteiger partial charge in [-0.05, 0) is 0 Å². The van der Waals surface area contributed by atoms with Crippen LogP contribution in [-0.4, -0.2) is 29.7 Å². The number of hydrogen-bond acceptors (Lipinski definition) is 2. The van der Waals surface area contributed by atoms with Gasteiger partial charge >= 0.3 is 18.3 Å². The smallest absolute Gasteiger partial charge is 0.475 e. The zero-order valence-corrected chi connectivity index (χ0v) is 5.61. The second-order valence-electron chi connectivity index (χ2n) is 1.46. The predicted molar refractivity (Wildman–Crippen MR) is 25.8 cm³/mol. The highest BCUT2D eigenvalue weighted by molar-refractivity contribution is 5.73. The first-order chi connectivity index (χ1) is 5.50. The maximum atomic E-state index is 10.6. The van der Waals surface area contributed by atoms with E-state index >= 15 is 0 Å². The van der Waals surface area contributed by atoms with E-state index in [1.807, 2.05) is 0 Å². The van der Waals surface area contributed by atoms with Gasteiger partial charge in [0, 0.05) is 0 Å². The molecular weight excluding hydrogens is 210 g/mol. The van der Waals surface area contributed by atoms with Crippen molar-refractivity contribution in [2.45, 2.75) is 12.4 Å². The molecule has 13 heavy (non-hydrogen) atoms. The minimum Gasteiger partial charge on any atom is -0.475 e. The third-order valence-corrected chi connectivity index (χ3v) is 0.376. The Morgan fingerprint density at radius 1 is 1.08 bits per heavy atom. The number of carboxylic acids is 1. The molecule has 0 rings (SSSR count). The van der Waals surface area contributed by atoms with Gasteiger partial charge in [0.05, 0.1) is 0 Å². The summed E-state index contributed by atoms with van der Waals surface area (Å²) in [6.07, 6.45) is -10.8. The standard InChI is InChI=1S/C2HF3O2.C2HF3O/c3-2(4,5)1(6)7;3-2(4,5)1-6/h(H,6,7);1H. The first-order valence-corrected chi connectivity index (χ1v) is 2.34. The molecule has 0 aromatic rings. The minimum absolute atomic E-state index is 1.06. The zero-order valence-electron chi connectivity index (χ0n) is 5.61. The number of halogens is 6. The molecule has 0 amide bonds. The molecule has 78 valence electrons. The highest BCUT2D eigenvalue weighted by atomic mass is 19.4. The second-order valence-corrected chi connectivity index (χ2v) is 1.46. The highest BCUT2D eigenvalue weighted by Crippen LogP contribution is 2.13. The topological polar surface area (TPSA) is 54.4 Å². The summed E-state index contributed by atoms with van der Waals surface area (Å²) in [4.78, 5) is 17.6. The lowest BCUT2D eigenvalue weighted by atomic mass is 10.7. The molecule has 0 spiro atoms. The summed E-state index contributed by atoms with van der Waals surface area (Å²) in [6.45, 7) is 0. The monoisotopic (exact) mass is 212 g/mol. The maximum absolute atomic E-state index is 10.6. The van der Waals surface area contributed by atoms with Crippen LogP contribution in [-0.2, 0) is 9.59 Å². The SMILES string of the molecule is O=C(O)C(F)(F)F.O=CC(F)(F)F. The van der Waals surface area contributed by atoms with Gasteiger partial charge in [-0.1, -0.05) is 0 Å². The number of carbonyl (C=O) groups excluding carboxylic acids is 1. The van der Waals surface area contributed by atoms with Crippen LogP contribution < -0.4 is 0 Å². The Morgan fingerprint density at radius 3 is 1.23 bits per heavy atom. The van der Waals surface area contributed by atoms with E-state index in [1.54, 1.807) is 0 Å². The van der Waals surface area contributed by atoms with Gasteiger partial charge in [-0.3, -0.25) is 4.79 Å². The maximum Gasteiger partial charge on any atom is 0.490 e. The molecule has 0 aliphatic carbocycles. The zero-order chi connectivity index (χ0) is 11.3. The Bertz CT molecular complexity index is 179. The van der Waals surface area contributed by atoms with E-state index in [0.29, 0.717) is 0 Å². The van der Waals surface area contributed by atoms with Crippen LogP contribution in [0.2, 0.25) is 0 Å². The van der Waals surface area contributed by atoms with Crippen LogP contribution in [0.4, 0.5) is 26.3 Å². The normalized spacial score (nSPS) is 11.2. The van der Waals surface area contributed by atoms with Gasteiger partial charge in [-0.2, -0.15) is 26.3 Å². The molecule has 0 aliphatic rings. The Balaban J connectivity index is 0. The summed E-state index contributed by atoms with van der Waals surface area (Å²) in [5.41, 5.74) is 0. The van der Waals surface area contributed by atoms with Gasteiger partial charge in [0.25, 0.3) is 0 Å². The molecular formula is C4H2F6O3. The number of carbonyl (C=O) groups is 2. The number of carboxylic acid groups (broad SMARTS) is 1. The second kappa shape index (κ2) is 4.67. The summed E-state index contributed by atoms with van der Waals surface area (Å²) < 4.78 is 63.0. The van der Waals surface area contributed by atoms with Gasteiger partial charge in [0.15, 0.2) is 0 Å². The van der Waals surface area contributed by atoms with E-state index in [0.717, 1.165) is 0 Å². The van der Waals surface area contributed by atoms with Crippen LogP contribution >= 0.6 is 0 Å². The third-order valence-electron chi connectivity index (χ3n) is 0.376. The van der Waals surface area contributed by atoms with E-state index in [9.17, 15) is 26.3 Å². The Hall–Kier alpha value is -1.28. The quantitative estimate of drug-likeness (QED) is 0.487. The Kier molecular flexibility index (Phi) is 5.13. The van der Waals surface area contributed by atoms with Crippen LogP contribution in [0.15, 0.2) is 0 Å². The molecule has 9 heteroatoms. The molecule has 0 fully saturated rings. The Morgan fingerprint density at radius 2 is 1.23 bits per heavy atom. The van der Waals surface area contributed by atoms with Crippen molar-refractivity contribution in [2.75, 3.05) is 0 Å². The molecule has 0 aromatic carbocycles. The molecule has 0 bridgehead atoms. The Labute approximate surface area is 67.0 Å². The number of aliphatic carboxylic acids is 1. The van der Waals surface area contributed by atoms with Crippen LogP contribution in [0.25, 0.3) is 0 Å². The molecule has 0 saturated carbocycles. The van der Waals surface area contributed by atoms with Crippen LogP contribution in [0.1, 0.15) is 0 Å². The van der Waals surface area contributed by atoms with Crippen molar-refractivity contribution in [3.63, 3.8) is 0 Å². The van der Waals surface area contributed by atoms with Crippen LogP contribution in [0, 0.1) is 0 Å². The van der Waals surface area contributed by atoms with E-state index < -0.39 is 24.6 Å². The molecule has 0 heterocycles. The third kappa shape index (κ3) is 13.7. The molecule has 0 radical (unpaired) electrons. The van der Waals surface area contributed by atoms with Gasteiger partial charge in [0.1, 0.15) is 0 Å². The van der Waals surface area contributed by atoms with Gasteiger partial charge in [0.2, 0.25) is 6.29 Å². The van der Waals surface area contributed by atoms with Crippen molar-refractivity contribution in [1.29, 1.82) is 0 Å². The van der Waals surface area contributed by atoms with Crippen molar-refractivity contribution >= 4 is 12.3 Å². The van der Waals surface area contributed by atoms with Crippen molar-refractivity contribution < 1.29 is 41.0 Å². The fraction of sp³-hybridized carbons (Fsp3) is 0.500. The van der Waals surface area contributed by atoms with Crippen molar-refractivity contribution in [3.05, 3.63) is 0 Å². The fourth-order valence-corrected chi connectivity index (χ4v) is 0. The summed E-state index contributed by atoms with van der Waals surface area (Å²) in [6, 6.07) is 0. The molecule has 1 N–H and O–H groups in total. The summed E-state index contributed by atoms with van der Waals surface area (Å²) in [5, 5.41) is 7.12. The fourth-order valence-electron chi connectivity index (χ4n) is 0. The van der Waals surface area contributed by atoms with Crippen LogP contribution in [0.5, 0.6) is 0 Å². The molecule has 0 saturated heterocycles. The molecule has 0 unspecified atom stereocenters. The van der Waals surface area contributed by atoms with Gasteiger partial charge < -0.3 is 5.11 Å². The highest BCUT2D eigenvalue weighted by Gasteiger charge is 2.38. The van der Waals surface area contributed by atoms with Gasteiger partial charge in [-0.15, -0.1) is 0 Å². The average molecular weight is 212 g/mol. The lowest BCUT2D eigenvalue weighted by molar-refractivity contribution is -0.192. The summed E-state index contributed by atoms with van der Waals surface area (Å²) in [7, 11) is 0. The number of rotatable bonds is 0. The number of aldehydes is 1. The summed E-state index contributed by atoms with van der Waals surface area (Å²) >= 11 is 0. The van der Waals surface area contributed by atoms with E-state index in [2.05, 4.69) is 0 Å². The lowest BCUT2D eigenvalue weighted by Crippen LogP contribution is -2.21.